The third-order valence-corrected chi connectivity index (χ3v) is 2.39. The Morgan fingerprint density at radius 1 is 1.47 bits per heavy atom. The highest BCUT2D eigenvalue weighted by atomic mass is 16.3. The topological polar surface area (TPSA) is 45.5 Å². The third-order valence-electron chi connectivity index (χ3n) is 2.39. The number of nitrogens with zero attached hydrogens (tertiary/aromatic N) is 1. The predicted octanol–water partition coefficient (Wildman–Crippen LogP) is 0.725. The molecular formula is C11H14N2O2. The quantitative estimate of drug-likeness (QED) is 0.725. The number of amides is 1. The van der Waals surface area contributed by atoms with Gasteiger partial charge in [0.2, 0.25) is 5.91 Å². The first-order chi connectivity index (χ1) is 7.36. The third kappa shape index (κ3) is 2.70. The maximum Gasteiger partial charge on any atom is 0.246 e. The second-order valence-electron chi connectivity index (χ2n) is 3.47. The van der Waals surface area contributed by atoms with E-state index < -0.39 is 0 Å². The maximum absolute atomic E-state index is 11.7. The summed E-state index contributed by atoms with van der Waals surface area (Å²) in [5.74, 6) is 0.0673. The zero-order valence-electron chi connectivity index (χ0n) is 8.48. The molecule has 0 unspecified atom stereocenters. The van der Waals surface area contributed by atoms with Crippen molar-refractivity contribution in [1.82, 2.24) is 10.2 Å². The minimum Gasteiger partial charge on any atom is -0.472 e. The molecule has 0 bridgehead atoms. The standard InChI is InChI=1S/C11H14N2O2/c14-11(13-6-4-12-5-7-13)2-1-10-3-8-15-9-10/h1-3,8-9,12H,4-7H2/b2-1+. The van der Waals surface area contributed by atoms with E-state index in [2.05, 4.69) is 5.32 Å². The zero-order chi connectivity index (χ0) is 10.5. The predicted molar refractivity (Wildman–Crippen MR) is 57.2 cm³/mol. The van der Waals surface area contributed by atoms with Gasteiger partial charge < -0.3 is 14.6 Å². The normalized spacial score (nSPS) is 17.2. The fourth-order valence-electron chi connectivity index (χ4n) is 1.53. The van der Waals surface area contributed by atoms with Crippen molar-refractivity contribution in [2.75, 3.05) is 26.2 Å². The number of nitrogens with one attached hydrogen (secondary N) is 1. The highest BCUT2D eigenvalue weighted by Gasteiger charge is 2.12. The first-order valence-corrected chi connectivity index (χ1v) is 5.06. The van der Waals surface area contributed by atoms with Crippen LogP contribution in [0.1, 0.15) is 5.56 Å². The van der Waals surface area contributed by atoms with Gasteiger partial charge >= 0.3 is 0 Å². The Morgan fingerprint density at radius 3 is 2.93 bits per heavy atom. The number of hydrogen-bond donors (Lipinski definition) is 1. The molecule has 1 saturated heterocycles. The van der Waals surface area contributed by atoms with Crippen LogP contribution in [0.25, 0.3) is 6.08 Å². The molecule has 0 aromatic carbocycles. The van der Waals surface area contributed by atoms with Crippen LogP contribution in [-0.4, -0.2) is 37.0 Å². The van der Waals surface area contributed by atoms with Gasteiger partial charge in [0, 0.05) is 37.8 Å². The summed E-state index contributed by atoms with van der Waals surface area (Å²) in [4.78, 5) is 13.5. The van der Waals surface area contributed by atoms with E-state index in [0.717, 1.165) is 31.7 Å². The van der Waals surface area contributed by atoms with E-state index in [1.54, 1.807) is 24.7 Å². The minimum atomic E-state index is 0.0673. The average Bonchev–Trinajstić information content (AvgIpc) is 2.80. The van der Waals surface area contributed by atoms with Crippen molar-refractivity contribution in [3.05, 3.63) is 30.2 Å². The van der Waals surface area contributed by atoms with E-state index in [1.807, 2.05) is 11.0 Å². The van der Waals surface area contributed by atoms with Crippen molar-refractivity contribution in [2.24, 2.45) is 0 Å². The lowest BCUT2D eigenvalue weighted by atomic mass is 10.3. The van der Waals surface area contributed by atoms with Crippen LogP contribution in [0.3, 0.4) is 0 Å². The number of furan rings is 1. The van der Waals surface area contributed by atoms with Gasteiger partial charge in [0.1, 0.15) is 0 Å². The van der Waals surface area contributed by atoms with E-state index in [1.165, 1.54) is 0 Å². The molecule has 4 heteroatoms. The fraction of sp³-hybridized carbons (Fsp3) is 0.364. The van der Waals surface area contributed by atoms with Crippen LogP contribution >= 0.6 is 0 Å². The summed E-state index contributed by atoms with van der Waals surface area (Å²) in [6, 6.07) is 1.82. The molecule has 15 heavy (non-hydrogen) atoms. The van der Waals surface area contributed by atoms with Crippen LogP contribution in [0.15, 0.2) is 29.1 Å². The van der Waals surface area contributed by atoms with Gasteiger partial charge in [0.15, 0.2) is 0 Å². The molecule has 4 nitrogen and oxygen atoms in total. The molecule has 1 amide bonds. The molecule has 1 aliphatic rings. The first kappa shape index (κ1) is 9.98. The Balaban J connectivity index is 1.91. The Morgan fingerprint density at radius 2 is 2.27 bits per heavy atom. The number of carbonyl (C=O) groups is 1. The van der Waals surface area contributed by atoms with Crippen molar-refractivity contribution >= 4 is 12.0 Å². The highest BCUT2D eigenvalue weighted by molar-refractivity contribution is 5.91. The largest absolute Gasteiger partial charge is 0.472 e. The van der Waals surface area contributed by atoms with E-state index in [4.69, 9.17) is 4.42 Å². The lowest BCUT2D eigenvalue weighted by Crippen LogP contribution is -2.45. The molecule has 2 heterocycles. The van der Waals surface area contributed by atoms with Gasteiger partial charge in [0.05, 0.1) is 12.5 Å². The van der Waals surface area contributed by atoms with Crippen LogP contribution in [0.5, 0.6) is 0 Å². The van der Waals surface area contributed by atoms with Gasteiger partial charge in [-0.3, -0.25) is 4.79 Å². The Bertz CT molecular complexity index is 337. The molecule has 2 rings (SSSR count). The van der Waals surface area contributed by atoms with Gasteiger partial charge in [-0.2, -0.15) is 0 Å². The smallest absolute Gasteiger partial charge is 0.246 e. The van der Waals surface area contributed by atoms with Crippen LogP contribution in [0.2, 0.25) is 0 Å². The summed E-state index contributed by atoms with van der Waals surface area (Å²) in [6.45, 7) is 3.33. The number of carbonyl (C=O) groups excluding carboxylic acids is 1. The number of piperazine rings is 1. The molecule has 1 fully saturated rings. The minimum absolute atomic E-state index is 0.0673. The molecule has 0 spiro atoms. The van der Waals surface area contributed by atoms with E-state index in [-0.39, 0.29) is 5.91 Å². The van der Waals surface area contributed by atoms with Crippen molar-refractivity contribution in [1.29, 1.82) is 0 Å². The van der Waals surface area contributed by atoms with Crippen molar-refractivity contribution in [3.8, 4) is 0 Å². The SMILES string of the molecule is O=C(/C=C/c1ccoc1)N1CCNCC1. The van der Waals surface area contributed by atoms with Gasteiger partial charge in [-0.1, -0.05) is 0 Å². The van der Waals surface area contributed by atoms with Crippen molar-refractivity contribution in [2.45, 2.75) is 0 Å². The molecule has 0 saturated carbocycles. The van der Waals surface area contributed by atoms with Crippen LogP contribution in [0, 0.1) is 0 Å². The van der Waals surface area contributed by atoms with Gasteiger partial charge in [0.25, 0.3) is 0 Å². The molecule has 1 aliphatic heterocycles. The monoisotopic (exact) mass is 206 g/mol. The maximum atomic E-state index is 11.7. The second kappa shape index (κ2) is 4.79. The number of hydrogen-bond acceptors (Lipinski definition) is 3. The summed E-state index contributed by atoms with van der Waals surface area (Å²) < 4.78 is 4.91. The lowest BCUT2D eigenvalue weighted by molar-refractivity contribution is -0.126. The van der Waals surface area contributed by atoms with Gasteiger partial charge in [-0.05, 0) is 12.1 Å². The number of rotatable bonds is 2. The summed E-state index contributed by atoms with van der Waals surface area (Å²) in [7, 11) is 0. The van der Waals surface area contributed by atoms with Crippen LogP contribution < -0.4 is 5.32 Å². The molecule has 0 atom stereocenters. The first-order valence-electron chi connectivity index (χ1n) is 5.06. The summed E-state index contributed by atoms with van der Waals surface area (Å²) in [6.07, 6.45) is 6.57. The molecule has 0 radical (unpaired) electrons. The van der Waals surface area contributed by atoms with Gasteiger partial charge in [-0.25, -0.2) is 0 Å². The molecule has 1 aromatic heterocycles. The van der Waals surface area contributed by atoms with E-state index >= 15 is 0 Å². The highest BCUT2D eigenvalue weighted by Crippen LogP contribution is 2.03. The zero-order valence-corrected chi connectivity index (χ0v) is 8.48. The van der Waals surface area contributed by atoms with Gasteiger partial charge in [-0.15, -0.1) is 0 Å². The fourth-order valence-corrected chi connectivity index (χ4v) is 1.53. The Hall–Kier alpha value is -1.55. The average molecular weight is 206 g/mol. The summed E-state index contributed by atoms with van der Waals surface area (Å²) >= 11 is 0. The summed E-state index contributed by atoms with van der Waals surface area (Å²) in [5.41, 5.74) is 0.915. The molecule has 0 aliphatic carbocycles. The molecular weight excluding hydrogens is 192 g/mol. The van der Waals surface area contributed by atoms with E-state index in [0.29, 0.717) is 0 Å². The van der Waals surface area contributed by atoms with E-state index in [9.17, 15) is 4.79 Å². The molecule has 1 aromatic rings. The lowest BCUT2D eigenvalue weighted by Gasteiger charge is -2.26. The van der Waals surface area contributed by atoms with Crippen LogP contribution in [0.4, 0.5) is 0 Å². The summed E-state index contributed by atoms with van der Waals surface area (Å²) in [5, 5.41) is 3.21. The van der Waals surface area contributed by atoms with Crippen LogP contribution in [-0.2, 0) is 4.79 Å². The molecule has 80 valence electrons. The molecule has 1 N–H and O–H groups in total. The van der Waals surface area contributed by atoms with Crippen molar-refractivity contribution < 1.29 is 9.21 Å². The second-order valence-corrected chi connectivity index (χ2v) is 3.47. The van der Waals surface area contributed by atoms with Crippen molar-refractivity contribution in [3.63, 3.8) is 0 Å². The Kier molecular flexibility index (Phi) is 3.19. The Labute approximate surface area is 88.6 Å².